The maximum absolute atomic E-state index is 12.1. The molecule has 4 heteroatoms. The van der Waals surface area contributed by atoms with Crippen molar-refractivity contribution in [3.05, 3.63) is 64.2 Å². The Morgan fingerprint density at radius 2 is 1.95 bits per heavy atom. The van der Waals surface area contributed by atoms with Gasteiger partial charge in [-0.3, -0.25) is 9.59 Å². The van der Waals surface area contributed by atoms with E-state index in [0.29, 0.717) is 17.4 Å². The number of anilines is 1. The fourth-order valence-electron chi connectivity index (χ4n) is 1.69. The van der Waals surface area contributed by atoms with Gasteiger partial charge in [0.1, 0.15) is 6.29 Å². The topological polar surface area (TPSA) is 46.2 Å². The zero-order valence-corrected chi connectivity index (χ0v) is 11.1. The Hall–Kier alpha value is -2.13. The highest BCUT2D eigenvalue weighted by atomic mass is 35.5. The third kappa shape index (κ3) is 3.01. The molecule has 0 aliphatic rings. The highest BCUT2D eigenvalue weighted by Gasteiger charge is 2.11. The van der Waals surface area contributed by atoms with Gasteiger partial charge in [-0.15, -0.1) is 0 Å². The molecule has 0 saturated heterocycles. The predicted molar refractivity (Wildman–Crippen MR) is 76.0 cm³/mol. The Kier molecular flexibility index (Phi) is 3.97. The zero-order chi connectivity index (χ0) is 13.8. The summed E-state index contributed by atoms with van der Waals surface area (Å²) in [6.07, 6.45) is 0.689. The number of nitrogens with one attached hydrogen (secondary N) is 1. The van der Waals surface area contributed by atoms with Gasteiger partial charge in [-0.05, 0) is 30.7 Å². The summed E-state index contributed by atoms with van der Waals surface area (Å²) < 4.78 is 0. The summed E-state index contributed by atoms with van der Waals surface area (Å²) >= 11 is 5.99. The Bertz CT molecular complexity index is 638. The second-order valence-corrected chi connectivity index (χ2v) is 4.53. The van der Waals surface area contributed by atoms with Crippen LogP contribution in [0.4, 0.5) is 5.69 Å². The smallest absolute Gasteiger partial charge is 0.257 e. The number of amides is 1. The maximum Gasteiger partial charge on any atom is 0.257 e. The molecule has 0 aliphatic carbocycles. The predicted octanol–water partition coefficient (Wildman–Crippen LogP) is 3.71. The van der Waals surface area contributed by atoms with Crippen LogP contribution >= 0.6 is 11.6 Å². The van der Waals surface area contributed by atoms with E-state index in [-0.39, 0.29) is 10.9 Å². The van der Waals surface area contributed by atoms with Crippen LogP contribution in [0.1, 0.15) is 26.3 Å². The van der Waals surface area contributed by atoms with Crippen molar-refractivity contribution in [2.24, 2.45) is 0 Å². The molecule has 1 N–H and O–H groups in total. The van der Waals surface area contributed by atoms with Crippen LogP contribution in [0.25, 0.3) is 0 Å². The van der Waals surface area contributed by atoms with E-state index < -0.39 is 0 Å². The summed E-state index contributed by atoms with van der Waals surface area (Å²) in [7, 11) is 0. The zero-order valence-electron chi connectivity index (χ0n) is 10.3. The molecule has 0 bridgehead atoms. The Labute approximate surface area is 116 Å². The van der Waals surface area contributed by atoms with Gasteiger partial charge in [-0.2, -0.15) is 0 Å². The normalized spacial score (nSPS) is 10.0. The van der Waals surface area contributed by atoms with Crippen molar-refractivity contribution in [2.45, 2.75) is 6.92 Å². The van der Waals surface area contributed by atoms with Crippen molar-refractivity contribution in [2.75, 3.05) is 5.32 Å². The van der Waals surface area contributed by atoms with E-state index in [1.54, 1.807) is 12.1 Å². The van der Waals surface area contributed by atoms with Crippen LogP contribution in [0.3, 0.4) is 0 Å². The van der Waals surface area contributed by atoms with Gasteiger partial charge in [0.25, 0.3) is 5.91 Å². The van der Waals surface area contributed by atoms with Crippen molar-refractivity contribution in [3.63, 3.8) is 0 Å². The van der Waals surface area contributed by atoms with Crippen molar-refractivity contribution in [1.29, 1.82) is 0 Å². The summed E-state index contributed by atoms with van der Waals surface area (Å²) in [6, 6.07) is 12.1. The SMILES string of the molecule is Cc1ccccc1NC(=O)c1ccc(C=O)cc1Cl. The fourth-order valence-corrected chi connectivity index (χ4v) is 1.97. The minimum Gasteiger partial charge on any atom is -0.322 e. The summed E-state index contributed by atoms with van der Waals surface area (Å²) in [5, 5.41) is 3.05. The lowest BCUT2D eigenvalue weighted by Gasteiger charge is -2.09. The molecule has 0 radical (unpaired) electrons. The first kappa shape index (κ1) is 13.3. The molecule has 2 aromatic carbocycles. The molecule has 0 aromatic heterocycles. The maximum atomic E-state index is 12.1. The van der Waals surface area contributed by atoms with E-state index >= 15 is 0 Å². The Morgan fingerprint density at radius 3 is 2.58 bits per heavy atom. The van der Waals surface area contributed by atoms with E-state index in [2.05, 4.69) is 5.32 Å². The van der Waals surface area contributed by atoms with Gasteiger partial charge in [-0.1, -0.05) is 35.9 Å². The number of para-hydroxylation sites is 1. The van der Waals surface area contributed by atoms with Gasteiger partial charge in [0.2, 0.25) is 0 Å². The van der Waals surface area contributed by atoms with Gasteiger partial charge in [0, 0.05) is 11.3 Å². The molecule has 0 aliphatic heterocycles. The van der Waals surface area contributed by atoms with Crippen LogP contribution in [-0.4, -0.2) is 12.2 Å². The number of hydrogen-bond donors (Lipinski definition) is 1. The van der Waals surface area contributed by atoms with Crippen LogP contribution in [0.2, 0.25) is 5.02 Å². The number of carbonyl (C=O) groups excluding carboxylic acids is 2. The van der Waals surface area contributed by atoms with E-state index in [1.165, 1.54) is 6.07 Å². The van der Waals surface area contributed by atoms with Crippen LogP contribution in [0.5, 0.6) is 0 Å². The molecule has 2 aromatic rings. The lowest BCUT2D eigenvalue weighted by atomic mass is 10.1. The molecule has 0 spiro atoms. The lowest BCUT2D eigenvalue weighted by molar-refractivity contribution is 0.102. The quantitative estimate of drug-likeness (QED) is 0.867. The summed E-state index contributed by atoms with van der Waals surface area (Å²) in [4.78, 5) is 22.7. The minimum absolute atomic E-state index is 0.260. The number of benzene rings is 2. The first-order valence-corrected chi connectivity index (χ1v) is 6.11. The first-order valence-electron chi connectivity index (χ1n) is 5.73. The number of hydrogen-bond acceptors (Lipinski definition) is 2. The Morgan fingerprint density at radius 1 is 1.21 bits per heavy atom. The van der Waals surface area contributed by atoms with Gasteiger partial charge in [0.15, 0.2) is 0 Å². The Balaban J connectivity index is 2.26. The van der Waals surface area contributed by atoms with Gasteiger partial charge in [0.05, 0.1) is 10.6 Å². The molecule has 0 heterocycles. The molecular formula is C15H12ClNO2. The molecule has 96 valence electrons. The van der Waals surface area contributed by atoms with E-state index in [4.69, 9.17) is 11.6 Å². The second kappa shape index (κ2) is 5.67. The fraction of sp³-hybridized carbons (Fsp3) is 0.0667. The van der Waals surface area contributed by atoms with Crippen molar-refractivity contribution >= 4 is 29.5 Å². The van der Waals surface area contributed by atoms with Crippen molar-refractivity contribution in [1.82, 2.24) is 0 Å². The van der Waals surface area contributed by atoms with Crippen LogP contribution in [0.15, 0.2) is 42.5 Å². The van der Waals surface area contributed by atoms with Gasteiger partial charge >= 0.3 is 0 Å². The molecule has 0 saturated carbocycles. The lowest BCUT2D eigenvalue weighted by Crippen LogP contribution is -2.13. The average Bonchev–Trinajstić information content (AvgIpc) is 2.41. The van der Waals surface area contributed by atoms with Crippen LogP contribution in [-0.2, 0) is 0 Å². The minimum atomic E-state index is -0.295. The highest BCUT2D eigenvalue weighted by molar-refractivity contribution is 6.34. The highest BCUT2D eigenvalue weighted by Crippen LogP contribution is 2.20. The first-order chi connectivity index (χ1) is 9.11. The molecule has 2 rings (SSSR count). The van der Waals surface area contributed by atoms with Gasteiger partial charge < -0.3 is 5.32 Å². The molecular weight excluding hydrogens is 262 g/mol. The molecule has 1 amide bonds. The number of rotatable bonds is 3. The van der Waals surface area contributed by atoms with Gasteiger partial charge in [-0.25, -0.2) is 0 Å². The van der Waals surface area contributed by atoms with E-state index in [0.717, 1.165) is 11.3 Å². The molecule has 0 atom stereocenters. The summed E-state index contributed by atoms with van der Waals surface area (Å²) in [5.74, 6) is -0.295. The standard InChI is InChI=1S/C15H12ClNO2/c1-10-4-2-3-5-14(10)17-15(19)12-7-6-11(9-18)8-13(12)16/h2-9H,1H3,(H,17,19). The van der Waals surface area contributed by atoms with E-state index in [1.807, 2.05) is 31.2 Å². The number of aldehydes is 1. The number of halogens is 1. The summed E-state index contributed by atoms with van der Waals surface area (Å²) in [6.45, 7) is 1.91. The number of aryl methyl sites for hydroxylation is 1. The largest absolute Gasteiger partial charge is 0.322 e. The van der Waals surface area contributed by atoms with Crippen molar-refractivity contribution < 1.29 is 9.59 Å². The molecule has 0 unspecified atom stereocenters. The van der Waals surface area contributed by atoms with Crippen LogP contribution in [0, 0.1) is 6.92 Å². The summed E-state index contributed by atoms with van der Waals surface area (Å²) in [5.41, 5.74) is 2.49. The van der Waals surface area contributed by atoms with Crippen LogP contribution < -0.4 is 5.32 Å². The van der Waals surface area contributed by atoms with E-state index in [9.17, 15) is 9.59 Å². The number of carbonyl (C=O) groups is 2. The van der Waals surface area contributed by atoms with Crippen molar-refractivity contribution in [3.8, 4) is 0 Å². The molecule has 19 heavy (non-hydrogen) atoms. The second-order valence-electron chi connectivity index (χ2n) is 4.13. The molecule has 0 fully saturated rings. The monoisotopic (exact) mass is 273 g/mol. The average molecular weight is 274 g/mol. The molecule has 3 nitrogen and oxygen atoms in total. The third-order valence-electron chi connectivity index (χ3n) is 2.77. The third-order valence-corrected chi connectivity index (χ3v) is 3.08.